The van der Waals surface area contributed by atoms with Crippen LogP contribution in [0.5, 0.6) is 5.75 Å². The number of carbonyl (C=O) groups excluding carboxylic acids is 3. The molecule has 4 N–H and O–H groups in total. The van der Waals surface area contributed by atoms with E-state index in [2.05, 4.69) is 21.3 Å². The summed E-state index contributed by atoms with van der Waals surface area (Å²) >= 11 is 0. The number of hydrogen-bond acceptors (Lipinski definition) is 5. The zero-order valence-electron chi connectivity index (χ0n) is 24.7. The van der Waals surface area contributed by atoms with Crippen LogP contribution in [0.1, 0.15) is 42.4 Å². The fraction of sp³-hybridized carbons (Fsp3) is 0.343. The maximum Gasteiger partial charge on any atom is 0.246 e. The third kappa shape index (κ3) is 8.11. The molecule has 0 radical (unpaired) electrons. The summed E-state index contributed by atoms with van der Waals surface area (Å²) in [6.45, 7) is 0.927. The van der Waals surface area contributed by atoms with Crippen molar-refractivity contribution in [3.05, 3.63) is 107 Å². The molecule has 2 aliphatic rings. The zero-order valence-corrected chi connectivity index (χ0v) is 24.7. The van der Waals surface area contributed by atoms with Gasteiger partial charge in [-0.15, -0.1) is 0 Å². The van der Waals surface area contributed by atoms with Crippen molar-refractivity contribution in [2.75, 3.05) is 19.7 Å². The Balaban J connectivity index is 1.44. The van der Waals surface area contributed by atoms with Crippen molar-refractivity contribution >= 4 is 23.8 Å². The fourth-order valence-electron chi connectivity index (χ4n) is 5.79. The lowest BCUT2D eigenvalue weighted by atomic mass is 9.93. The molecule has 9 heteroatoms. The summed E-state index contributed by atoms with van der Waals surface area (Å²) in [5.74, 6) is -0.689. The van der Waals surface area contributed by atoms with Crippen LogP contribution in [0, 0.1) is 5.82 Å². The average Bonchev–Trinajstić information content (AvgIpc) is 3.51. The summed E-state index contributed by atoms with van der Waals surface area (Å²) in [4.78, 5) is 41.3. The lowest BCUT2D eigenvalue weighted by molar-refractivity contribution is -0.136. The first-order valence-corrected chi connectivity index (χ1v) is 15.2. The smallest absolute Gasteiger partial charge is 0.246 e. The topological polar surface area (TPSA) is 109 Å². The van der Waals surface area contributed by atoms with Crippen molar-refractivity contribution < 1.29 is 23.5 Å². The van der Waals surface area contributed by atoms with E-state index in [0.717, 1.165) is 29.5 Å². The van der Waals surface area contributed by atoms with Crippen molar-refractivity contribution in [3.63, 3.8) is 0 Å². The van der Waals surface area contributed by atoms with Gasteiger partial charge in [-0.1, -0.05) is 85.7 Å². The van der Waals surface area contributed by atoms with Gasteiger partial charge in [-0.2, -0.15) is 0 Å². The molecule has 0 saturated heterocycles. The molecular formula is C35H39FN4O4. The Bertz CT molecular complexity index is 1460. The predicted octanol–water partition coefficient (Wildman–Crippen LogP) is 3.70. The highest BCUT2D eigenvalue weighted by Gasteiger charge is 2.44. The molecule has 3 aromatic rings. The van der Waals surface area contributed by atoms with Gasteiger partial charge in [-0.05, 0) is 48.6 Å². The minimum absolute atomic E-state index is 0.267. The van der Waals surface area contributed by atoms with Crippen molar-refractivity contribution in [2.45, 2.75) is 56.1 Å². The molecule has 3 aromatic carbocycles. The normalized spacial score (nSPS) is 22.0. The molecule has 1 fully saturated rings. The van der Waals surface area contributed by atoms with Crippen molar-refractivity contribution in [1.82, 2.24) is 21.3 Å². The Morgan fingerprint density at radius 2 is 1.48 bits per heavy atom. The molecule has 44 heavy (non-hydrogen) atoms. The van der Waals surface area contributed by atoms with E-state index in [4.69, 9.17) is 4.74 Å². The van der Waals surface area contributed by atoms with Gasteiger partial charge in [0.2, 0.25) is 17.7 Å². The highest BCUT2D eigenvalue weighted by atomic mass is 19.1. The summed E-state index contributed by atoms with van der Waals surface area (Å²) in [6, 6.07) is 21.6. The second-order valence-corrected chi connectivity index (χ2v) is 11.4. The van der Waals surface area contributed by atoms with Gasteiger partial charge in [0.1, 0.15) is 29.8 Å². The summed E-state index contributed by atoms with van der Waals surface area (Å²) < 4.78 is 19.7. The van der Waals surface area contributed by atoms with Crippen LogP contribution in [0.2, 0.25) is 0 Å². The summed E-state index contributed by atoms with van der Waals surface area (Å²) in [5, 5.41) is 12.3. The lowest BCUT2D eigenvalue weighted by Gasteiger charge is -2.33. The number of carbonyl (C=O) groups is 3. The Kier molecular flexibility index (Phi) is 10.4. The standard InChI is InChI=1S/C35H39FN4O4/c36-28-16-14-26(15-17-28)23-29-33(42)40-35(18-6-7-19-35)34(43)39-30(24-25-9-2-1-3-10-25)32(41)38-20-8-12-27-11-4-5-13-31(27)44-22-21-37-29/h1-5,8-17,29-30,37H,6-7,18-24H2,(H,38,41)(H,39,43)(H,40,42)/b12-8-/t29-,30-/m0/s1. The summed E-state index contributed by atoms with van der Waals surface area (Å²) in [6.07, 6.45) is 6.82. The number of amides is 3. The fourth-order valence-corrected chi connectivity index (χ4v) is 5.79. The SMILES string of the molecule is O=C1NC2(CCCC2)C(=O)N[C@@H](Cc2ccccc2)C(=O)NC/C=C\c2ccccc2OCCN[C@H]1Cc1ccc(F)cc1. The number of hydrogen-bond donors (Lipinski definition) is 4. The first-order chi connectivity index (χ1) is 21.4. The molecule has 0 aromatic heterocycles. The van der Waals surface area contributed by atoms with Crippen molar-refractivity contribution in [2.24, 2.45) is 0 Å². The third-order valence-electron chi connectivity index (χ3n) is 8.19. The summed E-state index contributed by atoms with van der Waals surface area (Å²) in [7, 11) is 0. The average molecular weight is 599 g/mol. The first-order valence-electron chi connectivity index (χ1n) is 15.2. The van der Waals surface area contributed by atoms with E-state index < -0.39 is 17.6 Å². The highest BCUT2D eigenvalue weighted by Crippen LogP contribution is 2.30. The lowest BCUT2D eigenvalue weighted by Crippen LogP contribution is -2.63. The zero-order chi connectivity index (χ0) is 30.8. The van der Waals surface area contributed by atoms with Crippen LogP contribution >= 0.6 is 0 Å². The van der Waals surface area contributed by atoms with E-state index in [1.165, 1.54) is 12.1 Å². The predicted molar refractivity (Wildman–Crippen MR) is 167 cm³/mol. The molecule has 5 rings (SSSR count). The quantitative estimate of drug-likeness (QED) is 0.366. The third-order valence-corrected chi connectivity index (χ3v) is 8.19. The van der Waals surface area contributed by atoms with Crippen LogP contribution in [0.25, 0.3) is 6.08 Å². The van der Waals surface area contributed by atoms with E-state index in [0.29, 0.717) is 44.6 Å². The second kappa shape index (κ2) is 14.8. The van der Waals surface area contributed by atoms with Gasteiger partial charge in [0, 0.05) is 25.1 Å². The van der Waals surface area contributed by atoms with Crippen LogP contribution in [-0.4, -0.2) is 55.0 Å². The van der Waals surface area contributed by atoms with Crippen LogP contribution in [-0.2, 0) is 27.2 Å². The van der Waals surface area contributed by atoms with Gasteiger partial charge < -0.3 is 26.0 Å². The minimum Gasteiger partial charge on any atom is -0.492 e. The van der Waals surface area contributed by atoms with E-state index in [1.807, 2.05) is 66.7 Å². The maximum atomic E-state index is 14.0. The molecule has 1 spiro atoms. The van der Waals surface area contributed by atoms with E-state index in [1.54, 1.807) is 12.1 Å². The molecule has 2 atom stereocenters. The van der Waals surface area contributed by atoms with Crippen LogP contribution in [0.3, 0.4) is 0 Å². The second-order valence-electron chi connectivity index (χ2n) is 11.4. The van der Waals surface area contributed by atoms with Crippen LogP contribution < -0.4 is 26.0 Å². The Hall–Kier alpha value is -4.50. The van der Waals surface area contributed by atoms with Gasteiger partial charge in [0.15, 0.2) is 0 Å². The van der Waals surface area contributed by atoms with E-state index in [-0.39, 0.29) is 30.1 Å². The Morgan fingerprint density at radius 1 is 0.795 bits per heavy atom. The van der Waals surface area contributed by atoms with Gasteiger partial charge >= 0.3 is 0 Å². The molecule has 1 heterocycles. The number of fused-ring (bicyclic) bond motifs is 1. The number of ether oxygens (including phenoxy) is 1. The number of nitrogens with one attached hydrogen (secondary N) is 4. The molecule has 0 bridgehead atoms. The largest absolute Gasteiger partial charge is 0.492 e. The highest BCUT2D eigenvalue weighted by molar-refractivity contribution is 5.96. The van der Waals surface area contributed by atoms with Gasteiger partial charge in [-0.25, -0.2) is 4.39 Å². The molecule has 0 unspecified atom stereocenters. The van der Waals surface area contributed by atoms with E-state index >= 15 is 0 Å². The summed E-state index contributed by atoms with van der Waals surface area (Å²) in [5.41, 5.74) is 1.39. The van der Waals surface area contributed by atoms with Gasteiger partial charge in [-0.3, -0.25) is 14.4 Å². The van der Waals surface area contributed by atoms with E-state index in [9.17, 15) is 18.8 Å². The maximum absolute atomic E-state index is 14.0. The molecule has 1 aliphatic carbocycles. The molecule has 230 valence electrons. The minimum atomic E-state index is -1.14. The number of benzene rings is 3. The Labute approximate surface area is 257 Å². The van der Waals surface area contributed by atoms with Crippen molar-refractivity contribution in [1.29, 1.82) is 0 Å². The monoisotopic (exact) mass is 598 g/mol. The number of para-hydroxylation sites is 1. The molecule has 1 saturated carbocycles. The Morgan fingerprint density at radius 3 is 2.25 bits per heavy atom. The molecule has 8 nitrogen and oxygen atoms in total. The molecular weight excluding hydrogens is 559 g/mol. The first kappa shape index (κ1) is 30.9. The van der Waals surface area contributed by atoms with Gasteiger partial charge in [0.05, 0.1) is 6.04 Å². The van der Waals surface area contributed by atoms with Crippen LogP contribution in [0.4, 0.5) is 4.39 Å². The molecule has 1 aliphatic heterocycles. The van der Waals surface area contributed by atoms with Crippen molar-refractivity contribution in [3.8, 4) is 5.75 Å². The number of halogens is 1. The number of rotatable bonds is 4. The molecule has 3 amide bonds. The van der Waals surface area contributed by atoms with Gasteiger partial charge in [0.25, 0.3) is 0 Å². The van der Waals surface area contributed by atoms with Crippen LogP contribution in [0.15, 0.2) is 84.9 Å².